The average molecular weight is 399 g/mol. The number of carbonyl (C=O) groups excluding carboxylic acids is 4. The van der Waals surface area contributed by atoms with Gasteiger partial charge in [-0.25, -0.2) is 0 Å². The lowest BCUT2D eigenvalue weighted by Crippen LogP contribution is -2.56. The van der Waals surface area contributed by atoms with Gasteiger partial charge in [0.1, 0.15) is 24.7 Å². The highest BCUT2D eigenvalue weighted by Gasteiger charge is 2.43. The molecule has 0 radical (unpaired) electrons. The molecule has 2 aliphatic heterocycles. The van der Waals surface area contributed by atoms with Crippen molar-refractivity contribution in [1.29, 1.82) is 0 Å². The van der Waals surface area contributed by atoms with Crippen molar-refractivity contribution in [3.05, 3.63) is 0 Å². The molecule has 2 fully saturated rings. The summed E-state index contributed by atoms with van der Waals surface area (Å²) < 4.78 is 0. The fourth-order valence-electron chi connectivity index (χ4n) is 3.75. The second-order valence-corrected chi connectivity index (χ2v) is 7.33. The van der Waals surface area contributed by atoms with E-state index in [1.165, 1.54) is 9.80 Å². The Bertz CT molecular complexity index is 612. The van der Waals surface area contributed by atoms with Gasteiger partial charge in [0.15, 0.2) is 5.78 Å². The summed E-state index contributed by atoms with van der Waals surface area (Å²) in [6, 6.07) is -2.67. The summed E-state index contributed by atoms with van der Waals surface area (Å²) in [5.41, 5.74) is 0. The van der Waals surface area contributed by atoms with Gasteiger partial charge in [-0.2, -0.15) is 0 Å². The molecular formula is C18H29N3O7. The zero-order chi connectivity index (χ0) is 20.8. The smallest absolute Gasteiger partial charge is 0.246 e. The SMILES string of the molecule is C[C@@H](CO)C(=O)N1CCC[C@H]1C(=O)N1CCC[C@H]1C(=O)N[C@@H](CO)C(=O)CO. The largest absolute Gasteiger partial charge is 0.396 e. The molecule has 158 valence electrons. The molecule has 0 aromatic rings. The molecule has 0 aliphatic carbocycles. The predicted molar refractivity (Wildman–Crippen MR) is 96.8 cm³/mol. The zero-order valence-electron chi connectivity index (χ0n) is 16.0. The van der Waals surface area contributed by atoms with Crippen LogP contribution in [-0.4, -0.2) is 99.7 Å². The van der Waals surface area contributed by atoms with Gasteiger partial charge in [-0.1, -0.05) is 6.92 Å². The first-order chi connectivity index (χ1) is 13.3. The number of hydrogen-bond acceptors (Lipinski definition) is 7. The van der Waals surface area contributed by atoms with E-state index in [4.69, 9.17) is 5.11 Å². The highest BCUT2D eigenvalue weighted by Crippen LogP contribution is 2.26. The fourth-order valence-corrected chi connectivity index (χ4v) is 3.75. The maximum atomic E-state index is 13.1. The summed E-state index contributed by atoms with van der Waals surface area (Å²) in [7, 11) is 0. The van der Waals surface area contributed by atoms with E-state index >= 15 is 0 Å². The standard InChI is InChI=1S/C18H29N3O7/c1-11(8-22)17(27)21-7-3-5-14(21)18(28)20-6-2-4-13(20)16(26)19-12(9-23)15(25)10-24/h11-14,22-24H,2-10H2,1H3,(H,19,26)/t11-,12-,13-,14-/m0/s1. The Morgan fingerprint density at radius 1 is 0.964 bits per heavy atom. The molecule has 3 amide bonds. The number of carbonyl (C=O) groups is 4. The van der Waals surface area contributed by atoms with Crippen LogP contribution in [-0.2, 0) is 19.2 Å². The first-order valence-electron chi connectivity index (χ1n) is 9.62. The predicted octanol–water partition coefficient (Wildman–Crippen LogP) is -2.36. The molecule has 0 aromatic carbocycles. The highest BCUT2D eigenvalue weighted by molar-refractivity contribution is 5.95. The van der Waals surface area contributed by atoms with Crippen molar-refractivity contribution >= 4 is 23.5 Å². The Morgan fingerprint density at radius 3 is 2.14 bits per heavy atom. The number of aliphatic hydroxyl groups is 3. The van der Waals surface area contributed by atoms with Crippen LogP contribution < -0.4 is 5.32 Å². The summed E-state index contributed by atoms with van der Waals surface area (Å²) >= 11 is 0. The normalized spacial score (nSPS) is 24.1. The Morgan fingerprint density at radius 2 is 1.57 bits per heavy atom. The Labute approximate surface area is 163 Å². The number of likely N-dealkylation sites (tertiary alicyclic amines) is 2. The number of rotatable bonds is 8. The number of hydrogen-bond donors (Lipinski definition) is 4. The van der Waals surface area contributed by atoms with Crippen molar-refractivity contribution in [2.24, 2.45) is 5.92 Å². The number of ketones is 1. The highest BCUT2D eigenvalue weighted by atomic mass is 16.3. The number of nitrogens with zero attached hydrogens (tertiary/aromatic N) is 2. The molecule has 4 atom stereocenters. The van der Waals surface area contributed by atoms with E-state index in [9.17, 15) is 29.4 Å². The maximum absolute atomic E-state index is 13.1. The lowest BCUT2D eigenvalue weighted by molar-refractivity contribution is -0.148. The third-order valence-electron chi connectivity index (χ3n) is 5.40. The Kier molecular flexibility index (Phi) is 7.90. The Hall–Kier alpha value is -2.04. The molecule has 10 heteroatoms. The molecule has 0 saturated carbocycles. The van der Waals surface area contributed by atoms with E-state index in [1.54, 1.807) is 6.92 Å². The van der Waals surface area contributed by atoms with E-state index in [-0.39, 0.29) is 18.4 Å². The average Bonchev–Trinajstić information content (AvgIpc) is 3.39. The number of amides is 3. The molecule has 10 nitrogen and oxygen atoms in total. The van der Waals surface area contributed by atoms with Crippen molar-refractivity contribution < 1.29 is 34.5 Å². The molecule has 4 N–H and O–H groups in total. The number of aliphatic hydroxyl groups excluding tert-OH is 3. The molecule has 2 rings (SSSR count). The van der Waals surface area contributed by atoms with E-state index in [0.29, 0.717) is 38.8 Å². The van der Waals surface area contributed by atoms with Crippen LogP contribution in [0.4, 0.5) is 0 Å². The third kappa shape index (κ3) is 4.68. The maximum Gasteiger partial charge on any atom is 0.246 e. The lowest BCUT2D eigenvalue weighted by Gasteiger charge is -2.32. The second kappa shape index (κ2) is 9.94. The van der Waals surface area contributed by atoms with Crippen molar-refractivity contribution in [3.63, 3.8) is 0 Å². The van der Waals surface area contributed by atoms with Crippen LogP contribution in [0.1, 0.15) is 32.6 Å². The van der Waals surface area contributed by atoms with Gasteiger partial charge in [0.2, 0.25) is 17.7 Å². The third-order valence-corrected chi connectivity index (χ3v) is 5.40. The zero-order valence-corrected chi connectivity index (χ0v) is 16.0. The second-order valence-electron chi connectivity index (χ2n) is 7.33. The fraction of sp³-hybridized carbons (Fsp3) is 0.778. The summed E-state index contributed by atoms with van der Waals surface area (Å²) in [4.78, 5) is 52.5. The molecule has 0 unspecified atom stereocenters. The summed E-state index contributed by atoms with van der Waals surface area (Å²) in [5, 5.41) is 29.8. The number of Topliss-reactive ketones (excluding diaryl/α,β-unsaturated/α-hetero) is 1. The van der Waals surface area contributed by atoms with Crippen LogP contribution in [0.5, 0.6) is 0 Å². The molecule has 0 aromatic heterocycles. The molecule has 28 heavy (non-hydrogen) atoms. The van der Waals surface area contributed by atoms with Crippen LogP contribution >= 0.6 is 0 Å². The van der Waals surface area contributed by atoms with E-state index < -0.39 is 48.9 Å². The van der Waals surface area contributed by atoms with E-state index in [2.05, 4.69) is 5.32 Å². The minimum Gasteiger partial charge on any atom is -0.396 e. The van der Waals surface area contributed by atoms with Crippen LogP contribution in [0.3, 0.4) is 0 Å². The monoisotopic (exact) mass is 399 g/mol. The minimum atomic E-state index is -1.22. The van der Waals surface area contributed by atoms with Crippen LogP contribution in [0.25, 0.3) is 0 Å². The van der Waals surface area contributed by atoms with Gasteiger partial charge >= 0.3 is 0 Å². The van der Waals surface area contributed by atoms with Gasteiger partial charge < -0.3 is 30.4 Å². The van der Waals surface area contributed by atoms with Crippen LogP contribution in [0, 0.1) is 5.92 Å². The van der Waals surface area contributed by atoms with Gasteiger partial charge in [-0.05, 0) is 25.7 Å². The summed E-state index contributed by atoms with van der Waals surface area (Å²) in [6.45, 7) is 0.648. The van der Waals surface area contributed by atoms with Crippen molar-refractivity contribution in [2.45, 2.75) is 50.7 Å². The van der Waals surface area contributed by atoms with Gasteiger partial charge in [0.25, 0.3) is 0 Å². The quantitative estimate of drug-likeness (QED) is 0.357. The first-order valence-corrected chi connectivity index (χ1v) is 9.62. The number of nitrogens with one attached hydrogen (secondary N) is 1. The van der Waals surface area contributed by atoms with Gasteiger partial charge in [0, 0.05) is 13.1 Å². The molecule has 0 spiro atoms. The summed E-state index contributed by atoms with van der Waals surface area (Å²) in [6.07, 6.45) is 2.18. The molecule has 2 saturated heterocycles. The van der Waals surface area contributed by atoms with E-state index in [0.717, 1.165) is 0 Å². The van der Waals surface area contributed by atoms with Crippen molar-refractivity contribution in [2.75, 3.05) is 32.9 Å². The van der Waals surface area contributed by atoms with E-state index in [1.807, 2.05) is 0 Å². The van der Waals surface area contributed by atoms with Crippen molar-refractivity contribution in [1.82, 2.24) is 15.1 Å². The van der Waals surface area contributed by atoms with Crippen LogP contribution in [0.15, 0.2) is 0 Å². The van der Waals surface area contributed by atoms with Gasteiger partial charge in [-0.15, -0.1) is 0 Å². The lowest BCUT2D eigenvalue weighted by atomic mass is 10.1. The van der Waals surface area contributed by atoms with Crippen LogP contribution in [0.2, 0.25) is 0 Å². The molecule has 2 aliphatic rings. The Balaban J connectivity index is 2.08. The molecule has 0 bridgehead atoms. The minimum absolute atomic E-state index is 0.285. The van der Waals surface area contributed by atoms with Gasteiger partial charge in [0.05, 0.1) is 19.1 Å². The summed E-state index contributed by atoms with van der Waals surface area (Å²) in [5.74, 6) is -2.47. The molecular weight excluding hydrogens is 370 g/mol. The first kappa shape index (κ1) is 22.3. The molecule has 2 heterocycles. The van der Waals surface area contributed by atoms with Gasteiger partial charge in [-0.3, -0.25) is 19.2 Å². The van der Waals surface area contributed by atoms with Crippen molar-refractivity contribution in [3.8, 4) is 0 Å². The topological polar surface area (TPSA) is 147 Å².